The number of carbonyl (C=O) groups excluding carboxylic acids is 1. The predicted molar refractivity (Wildman–Crippen MR) is 81.9 cm³/mol. The molecule has 0 bridgehead atoms. The molecule has 1 fully saturated rings. The van der Waals surface area contributed by atoms with Gasteiger partial charge in [0.1, 0.15) is 6.04 Å². The molecule has 2 atom stereocenters. The molecule has 2 unspecified atom stereocenters. The van der Waals surface area contributed by atoms with E-state index in [4.69, 9.17) is 4.74 Å². The molecule has 5 heteroatoms. The van der Waals surface area contributed by atoms with E-state index < -0.39 is 0 Å². The number of carbonyl (C=O) groups is 1. The highest BCUT2D eigenvalue weighted by Gasteiger charge is 2.27. The first-order valence-corrected chi connectivity index (χ1v) is 7.93. The highest BCUT2D eigenvalue weighted by Crippen LogP contribution is 2.16. The minimum absolute atomic E-state index is 0.147. The number of nitrogens with one attached hydrogen (secondary N) is 1. The Bertz CT molecular complexity index is 282. The Balaban J connectivity index is 2.36. The summed E-state index contributed by atoms with van der Waals surface area (Å²) < 4.78 is 4.85. The number of hydrogen-bond donors (Lipinski definition) is 1. The molecule has 118 valence electrons. The van der Waals surface area contributed by atoms with Crippen LogP contribution < -0.4 is 5.32 Å². The van der Waals surface area contributed by atoms with Crippen molar-refractivity contribution in [2.24, 2.45) is 0 Å². The lowest BCUT2D eigenvalue weighted by molar-refractivity contribution is -0.143. The average Bonchev–Trinajstić information content (AvgIpc) is 2.92. The van der Waals surface area contributed by atoms with Crippen molar-refractivity contribution in [3.8, 4) is 0 Å². The minimum Gasteiger partial charge on any atom is -0.468 e. The monoisotopic (exact) mass is 285 g/mol. The van der Waals surface area contributed by atoms with Crippen LogP contribution >= 0.6 is 0 Å². The van der Waals surface area contributed by atoms with Gasteiger partial charge in [-0.15, -0.1) is 0 Å². The maximum absolute atomic E-state index is 11.7. The van der Waals surface area contributed by atoms with Crippen molar-refractivity contribution in [2.75, 3.05) is 46.4 Å². The number of likely N-dealkylation sites (tertiary alicyclic amines) is 1. The van der Waals surface area contributed by atoms with Gasteiger partial charge in [0.15, 0.2) is 0 Å². The van der Waals surface area contributed by atoms with Crippen LogP contribution in [0.25, 0.3) is 0 Å². The lowest BCUT2D eigenvalue weighted by Crippen LogP contribution is -2.41. The van der Waals surface area contributed by atoms with E-state index in [0.717, 1.165) is 45.7 Å². The number of ether oxygens (including phenoxy) is 1. The van der Waals surface area contributed by atoms with E-state index in [1.54, 1.807) is 0 Å². The zero-order chi connectivity index (χ0) is 15.0. The first-order valence-electron chi connectivity index (χ1n) is 7.93. The maximum Gasteiger partial charge on any atom is 0.322 e. The smallest absolute Gasteiger partial charge is 0.322 e. The van der Waals surface area contributed by atoms with Crippen LogP contribution in [0.4, 0.5) is 0 Å². The summed E-state index contributed by atoms with van der Waals surface area (Å²) >= 11 is 0. The molecule has 1 aliphatic rings. The van der Waals surface area contributed by atoms with Crippen LogP contribution in [0.15, 0.2) is 0 Å². The topological polar surface area (TPSA) is 44.8 Å². The molecule has 20 heavy (non-hydrogen) atoms. The normalized spacial score (nSPS) is 21.4. The van der Waals surface area contributed by atoms with Crippen LogP contribution in [0, 0.1) is 0 Å². The molecule has 1 saturated heterocycles. The summed E-state index contributed by atoms with van der Waals surface area (Å²) in [6.45, 7) is 12.7. The number of likely N-dealkylation sites (N-methyl/N-ethyl adjacent to an activating group) is 2. The molecule has 1 aliphatic heterocycles. The van der Waals surface area contributed by atoms with Gasteiger partial charge in [0.05, 0.1) is 7.11 Å². The van der Waals surface area contributed by atoms with Gasteiger partial charge in [-0.05, 0) is 39.0 Å². The standard InChI is InChI=1S/C15H31N3O2/c1-5-16-14(15(19)20-4)9-11-17-10-8-13(12-17)18(6-2)7-3/h13-14,16H,5-12H2,1-4H3. The molecular weight excluding hydrogens is 254 g/mol. The van der Waals surface area contributed by atoms with Crippen LogP contribution in [-0.2, 0) is 9.53 Å². The molecule has 0 spiro atoms. The molecule has 5 nitrogen and oxygen atoms in total. The number of methoxy groups -OCH3 is 1. The zero-order valence-electron chi connectivity index (χ0n) is 13.5. The third-order valence-corrected chi connectivity index (χ3v) is 4.25. The van der Waals surface area contributed by atoms with E-state index in [1.807, 2.05) is 6.92 Å². The quantitative estimate of drug-likeness (QED) is 0.639. The van der Waals surface area contributed by atoms with E-state index in [-0.39, 0.29) is 12.0 Å². The fourth-order valence-corrected chi connectivity index (χ4v) is 3.06. The molecule has 0 aliphatic carbocycles. The highest BCUT2D eigenvalue weighted by molar-refractivity contribution is 5.75. The predicted octanol–water partition coefficient (Wildman–Crippen LogP) is 0.944. The number of hydrogen-bond acceptors (Lipinski definition) is 5. The molecule has 0 aromatic carbocycles. The Morgan fingerprint density at radius 2 is 2.10 bits per heavy atom. The van der Waals surface area contributed by atoms with Gasteiger partial charge in [0.25, 0.3) is 0 Å². The fraction of sp³-hybridized carbons (Fsp3) is 0.933. The molecule has 1 N–H and O–H groups in total. The Kier molecular flexibility index (Phi) is 8.11. The van der Waals surface area contributed by atoms with Gasteiger partial charge in [-0.25, -0.2) is 0 Å². The first kappa shape index (κ1) is 17.4. The number of esters is 1. The zero-order valence-corrected chi connectivity index (χ0v) is 13.5. The van der Waals surface area contributed by atoms with Crippen LogP contribution in [0.5, 0.6) is 0 Å². The summed E-state index contributed by atoms with van der Waals surface area (Å²) in [6.07, 6.45) is 2.07. The largest absolute Gasteiger partial charge is 0.468 e. The molecule has 1 heterocycles. The van der Waals surface area contributed by atoms with E-state index in [9.17, 15) is 4.79 Å². The molecule has 0 aromatic heterocycles. The van der Waals surface area contributed by atoms with Crippen LogP contribution in [-0.4, -0.2) is 74.2 Å². The van der Waals surface area contributed by atoms with Crippen molar-refractivity contribution < 1.29 is 9.53 Å². The van der Waals surface area contributed by atoms with Crippen molar-refractivity contribution in [1.82, 2.24) is 15.1 Å². The average molecular weight is 285 g/mol. The van der Waals surface area contributed by atoms with Crippen molar-refractivity contribution in [1.29, 1.82) is 0 Å². The van der Waals surface area contributed by atoms with Gasteiger partial charge in [0, 0.05) is 19.1 Å². The van der Waals surface area contributed by atoms with Gasteiger partial charge >= 0.3 is 5.97 Å². The van der Waals surface area contributed by atoms with Crippen molar-refractivity contribution >= 4 is 5.97 Å². The number of rotatable bonds is 9. The van der Waals surface area contributed by atoms with Crippen molar-refractivity contribution in [3.05, 3.63) is 0 Å². The van der Waals surface area contributed by atoms with Gasteiger partial charge in [-0.2, -0.15) is 0 Å². The van der Waals surface area contributed by atoms with Gasteiger partial charge in [-0.3, -0.25) is 9.69 Å². The minimum atomic E-state index is -0.169. The highest BCUT2D eigenvalue weighted by atomic mass is 16.5. The second kappa shape index (κ2) is 9.32. The molecule has 1 rings (SSSR count). The van der Waals surface area contributed by atoms with Gasteiger partial charge in [-0.1, -0.05) is 20.8 Å². The molecule has 0 aromatic rings. The molecular formula is C15H31N3O2. The fourth-order valence-electron chi connectivity index (χ4n) is 3.06. The van der Waals surface area contributed by atoms with Crippen LogP contribution in [0.1, 0.15) is 33.6 Å². The summed E-state index contributed by atoms with van der Waals surface area (Å²) in [4.78, 5) is 16.7. The second-order valence-corrected chi connectivity index (χ2v) is 5.39. The Labute approximate surface area is 123 Å². The van der Waals surface area contributed by atoms with E-state index in [2.05, 4.69) is 29.0 Å². The Morgan fingerprint density at radius 3 is 2.65 bits per heavy atom. The Hall–Kier alpha value is -0.650. The summed E-state index contributed by atoms with van der Waals surface area (Å²) in [5.41, 5.74) is 0. The van der Waals surface area contributed by atoms with Gasteiger partial charge < -0.3 is 15.0 Å². The van der Waals surface area contributed by atoms with Crippen LogP contribution in [0.3, 0.4) is 0 Å². The first-order chi connectivity index (χ1) is 9.65. The van der Waals surface area contributed by atoms with E-state index >= 15 is 0 Å². The van der Waals surface area contributed by atoms with E-state index in [0.29, 0.717) is 6.04 Å². The summed E-state index contributed by atoms with van der Waals surface area (Å²) in [7, 11) is 1.46. The molecule has 0 amide bonds. The third-order valence-electron chi connectivity index (χ3n) is 4.25. The van der Waals surface area contributed by atoms with Crippen LogP contribution in [0.2, 0.25) is 0 Å². The lowest BCUT2D eigenvalue weighted by atomic mass is 10.2. The maximum atomic E-state index is 11.7. The van der Waals surface area contributed by atoms with Crippen molar-refractivity contribution in [2.45, 2.75) is 45.7 Å². The second-order valence-electron chi connectivity index (χ2n) is 5.39. The molecule has 0 radical (unpaired) electrons. The summed E-state index contributed by atoms with van der Waals surface area (Å²) in [5, 5.41) is 3.20. The SMILES string of the molecule is CCNC(CCN1CCC(N(CC)CC)C1)C(=O)OC. The molecule has 0 saturated carbocycles. The summed E-state index contributed by atoms with van der Waals surface area (Å²) in [5.74, 6) is -0.147. The van der Waals surface area contributed by atoms with Gasteiger partial charge in [0.2, 0.25) is 0 Å². The summed E-state index contributed by atoms with van der Waals surface area (Å²) in [6, 6.07) is 0.512. The lowest BCUT2D eigenvalue weighted by Gasteiger charge is -2.26. The number of nitrogens with zero attached hydrogens (tertiary/aromatic N) is 2. The van der Waals surface area contributed by atoms with Crippen molar-refractivity contribution in [3.63, 3.8) is 0 Å². The third kappa shape index (κ3) is 5.04. The van der Waals surface area contributed by atoms with E-state index in [1.165, 1.54) is 13.5 Å². The Morgan fingerprint density at radius 1 is 1.40 bits per heavy atom.